The summed E-state index contributed by atoms with van der Waals surface area (Å²) in [4.78, 5) is 0. The predicted molar refractivity (Wildman–Crippen MR) is 171 cm³/mol. The Bertz CT molecular complexity index is 938. The second kappa shape index (κ2) is 21.4. The molecule has 0 spiro atoms. The standard InChI is InChI=1S/2C6H18N3P.2C6H5.CHF3O3S.Bi/c2*1-7(2)10(8(3)4)9(5)6;2*1-2-4-6-5-3-1;2-1(3,4)8(5,6)7;/h2*1-6H3;2*1-5H;(H,5,6,7);. The molecule has 2 aromatic carbocycles. The first-order valence-corrected chi connectivity index (χ1v) is 19.4. The Morgan fingerprint density at radius 3 is 0.878 bits per heavy atom. The van der Waals surface area contributed by atoms with Gasteiger partial charge in [-0.2, -0.15) is 21.6 Å². The van der Waals surface area contributed by atoms with Crippen LogP contribution in [-0.2, 0) is 10.1 Å². The maximum absolute atomic E-state index is 10.7. The fourth-order valence-corrected chi connectivity index (χ4v) is 11.3. The molecule has 0 aliphatic rings. The maximum atomic E-state index is 10.7. The third kappa shape index (κ3) is 20.3. The first-order valence-electron chi connectivity index (χ1n) is 12.1. The van der Waals surface area contributed by atoms with Gasteiger partial charge in [0.05, 0.1) is 0 Å². The molecule has 0 aliphatic carbocycles. The monoisotopic (exact) mass is 839 g/mol. The van der Waals surface area contributed by atoms with Crippen molar-refractivity contribution in [2.24, 2.45) is 0 Å². The van der Waals surface area contributed by atoms with Crippen molar-refractivity contribution in [3.63, 3.8) is 0 Å². The van der Waals surface area contributed by atoms with Crippen molar-refractivity contribution in [1.29, 1.82) is 0 Å². The number of rotatable bonds is 8. The van der Waals surface area contributed by atoms with Gasteiger partial charge in [0, 0.05) is 0 Å². The van der Waals surface area contributed by atoms with Crippen LogP contribution in [0.1, 0.15) is 0 Å². The van der Waals surface area contributed by atoms with E-state index in [0.717, 1.165) is 0 Å². The average Bonchev–Trinajstić information content (AvgIpc) is 2.78. The van der Waals surface area contributed by atoms with Crippen LogP contribution in [0.3, 0.4) is 0 Å². The SMILES string of the molecule is CN(C)P(N(C)C)N(C)C.CN(C)P(N(C)C)N(C)C.O=S(=O)(O)C(F)(F)F.c1cc[c]([Bi][c]2ccccc2)cc1. The average molecular weight is 840 g/mol. The van der Waals surface area contributed by atoms with Gasteiger partial charge in [-0.05, 0) is 84.6 Å². The van der Waals surface area contributed by atoms with Crippen LogP contribution < -0.4 is 6.54 Å². The second-order valence-corrected chi connectivity index (χ2v) is 21.5. The number of halogens is 3. The van der Waals surface area contributed by atoms with Crippen LogP contribution in [-0.4, -0.2) is 154 Å². The van der Waals surface area contributed by atoms with E-state index < -0.39 is 38.9 Å². The Labute approximate surface area is 260 Å². The quantitative estimate of drug-likeness (QED) is 0.186. The molecule has 0 aromatic heterocycles. The number of benzene rings is 2. The van der Waals surface area contributed by atoms with Crippen molar-refractivity contribution < 1.29 is 26.1 Å². The zero-order valence-corrected chi connectivity index (χ0v) is 32.2. The van der Waals surface area contributed by atoms with Gasteiger partial charge >= 0.3 is 106 Å². The fourth-order valence-electron chi connectivity index (χ4n) is 3.30. The second-order valence-electron chi connectivity index (χ2n) is 9.32. The Kier molecular flexibility index (Phi) is 22.3. The molecule has 0 heterocycles. The van der Waals surface area contributed by atoms with Gasteiger partial charge in [0.1, 0.15) is 16.7 Å². The molecule has 0 saturated carbocycles. The van der Waals surface area contributed by atoms with E-state index in [1.165, 1.54) is 0 Å². The minimum absolute atomic E-state index is 0.238. The van der Waals surface area contributed by atoms with Crippen LogP contribution in [0.2, 0.25) is 0 Å². The summed E-state index contributed by atoms with van der Waals surface area (Å²) in [6.45, 7) is 0. The molecule has 0 amide bonds. The normalized spacial score (nSPS) is 12.0. The Morgan fingerprint density at radius 2 is 0.756 bits per heavy atom. The Morgan fingerprint density at radius 1 is 0.561 bits per heavy atom. The molecule has 1 N–H and O–H groups in total. The fraction of sp³-hybridized carbons (Fsp3) is 0.520. The summed E-state index contributed by atoms with van der Waals surface area (Å²) in [6, 6.07) is 21.6. The van der Waals surface area contributed by atoms with E-state index in [9.17, 15) is 13.2 Å². The van der Waals surface area contributed by atoms with Gasteiger partial charge < -0.3 is 0 Å². The Hall–Kier alpha value is -0.357. The number of alkyl halides is 3. The summed E-state index contributed by atoms with van der Waals surface area (Å²) in [6.07, 6.45) is 0. The molecule has 2 rings (SSSR count). The van der Waals surface area contributed by atoms with Crippen molar-refractivity contribution >= 4 is 56.6 Å². The number of nitrogens with zero attached hydrogens (tertiary/aromatic N) is 6. The molecule has 16 heteroatoms. The van der Waals surface area contributed by atoms with Gasteiger partial charge in [0.2, 0.25) is 0 Å². The van der Waals surface area contributed by atoms with Crippen LogP contribution in [0.4, 0.5) is 13.2 Å². The molecule has 1 radical (unpaired) electrons. The van der Waals surface area contributed by atoms with E-state index >= 15 is 0 Å². The van der Waals surface area contributed by atoms with Crippen molar-refractivity contribution in [3.05, 3.63) is 60.7 Å². The molecule has 0 bridgehead atoms. The molecule has 0 saturated heterocycles. The van der Waals surface area contributed by atoms with Crippen molar-refractivity contribution in [2.45, 2.75) is 5.51 Å². The van der Waals surface area contributed by atoms with Crippen molar-refractivity contribution in [2.75, 3.05) is 84.6 Å². The summed E-state index contributed by atoms with van der Waals surface area (Å²) in [7, 11) is 18.9. The van der Waals surface area contributed by atoms with E-state index in [0.29, 0.717) is 0 Å². The topological polar surface area (TPSA) is 73.8 Å². The van der Waals surface area contributed by atoms with Gasteiger partial charge in [0.15, 0.2) is 0 Å². The van der Waals surface area contributed by atoms with E-state index in [1.54, 1.807) is 6.54 Å². The molecule has 237 valence electrons. The van der Waals surface area contributed by atoms with Crippen molar-refractivity contribution in [1.82, 2.24) is 28.0 Å². The van der Waals surface area contributed by atoms with Crippen LogP contribution in [0.5, 0.6) is 0 Å². The third-order valence-corrected chi connectivity index (χ3v) is 13.4. The first-order chi connectivity index (χ1) is 18.6. The summed E-state index contributed by atoms with van der Waals surface area (Å²) < 4.78 is 74.0. The van der Waals surface area contributed by atoms with E-state index in [-0.39, 0.29) is 16.7 Å². The van der Waals surface area contributed by atoms with Crippen LogP contribution in [0, 0.1) is 0 Å². The summed E-state index contributed by atoms with van der Waals surface area (Å²) in [5.41, 5.74) is -5.53. The molecular weight excluding hydrogens is 792 g/mol. The van der Waals surface area contributed by atoms with Crippen LogP contribution >= 0.6 is 16.7 Å². The molecular formula is C25H47BiF3N6O3P2S. The zero-order valence-electron chi connectivity index (χ0n) is 26.1. The number of hydrogen-bond donors (Lipinski definition) is 1. The molecule has 0 unspecified atom stereocenters. The zero-order chi connectivity index (χ0) is 32.6. The van der Waals surface area contributed by atoms with Gasteiger partial charge in [0.25, 0.3) is 0 Å². The molecule has 41 heavy (non-hydrogen) atoms. The summed E-state index contributed by atoms with van der Waals surface area (Å²) in [5.74, 6) is 0. The van der Waals surface area contributed by atoms with Crippen molar-refractivity contribution in [3.8, 4) is 0 Å². The molecule has 2 aromatic rings. The van der Waals surface area contributed by atoms with Crippen LogP contribution in [0.25, 0.3) is 0 Å². The summed E-state index contributed by atoms with van der Waals surface area (Å²) >= 11 is -0.613. The molecule has 9 nitrogen and oxygen atoms in total. The molecule has 0 atom stereocenters. The van der Waals surface area contributed by atoms with Gasteiger partial charge in [-0.1, -0.05) is 0 Å². The third-order valence-electron chi connectivity index (χ3n) is 4.21. The van der Waals surface area contributed by atoms with Crippen LogP contribution in [0.15, 0.2) is 60.7 Å². The summed E-state index contributed by atoms with van der Waals surface area (Å²) in [5, 5.41) is 0. The molecule has 0 aliphatic heterocycles. The minimum atomic E-state index is -5.84. The number of hydrogen-bond acceptors (Lipinski definition) is 8. The van der Waals surface area contributed by atoms with E-state index in [1.807, 2.05) is 0 Å². The van der Waals surface area contributed by atoms with Gasteiger partial charge in [-0.3, -0.25) is 32.6 Å². The first kappa shape index (κ1) is 42.8. The Balaban J connectivity index is 0. The van der Waals surface area contributed by atoms with E-state index in [4.69, 9.17) is 13.0 Å². The predicted octanol–water partition coefficient (Wildman–Crippen LogP) is 3.53. The molecule has 0 fully saturated rings. The van der Waals surface area contributed by atoms with Gasteiger partial charge in [-0.15, -0.1) is 0 Å². The van der Waals surface area contributed by atoms with E-state index in [2.05, 4.69) is 173 Å². The van der Waals surface area contributed by atoms with Gasteiger partial charge in [-0.25, -0.2) is 0 Å².